The molecule has 32 heavy (non-hydrogen) atoms. The number of urea groups is 1. The van der Waals surface area contributed by atoms with Gasteiger partial charge in [0.25, 0.3) is 0 Å². The molecule has 1 aliphatic heterocycles. The summed E-state index contributed by atoms with van der Waals surface area (Å²) in [6.45, 7) is 8.96. The number of anilines is 1. The molecule has 1 fully saturated rings. The van der Waals surface area contributed by atoms with Gasteiger partial charge in [0, 0.05) is 44.3 Å². The summed E-state index contributed by atoms with van der Waals surface area (Å²) in [5.41, 5.74) is 1.57. The van der Waals surface area contributed by atoms with Crippen molar-refractivity contribution < 1.29 is 9.59 Å². The fourth-order valence-corrected chi connectivity index (χ4v) is 3.87. The number of nitrogens with one attached hydrogen (secondary N) is 1. The third kappa shape index (κ3) is 5.68. The van der Waals surface area contributed by atoms with Crippen LogP contribution in [0.5, 0.6) is 0 Å². The highest BCUT2D eigenvalue weighted by Gasteiger charge is 2.27. The smallest absolute Gasteiger partial charge is 0.318 e. The number of benzene rings is 1. The molecule has 2 aromatic rings. The minimum atomic E-state index is -0.192. The molecule has 0 saturated carbocycles. The first kappa shape index (κ1) is 23.8. The highest BCUT2D eigenvalue weighted by molar-refractivity contribution is 6.33. The van der Waals surface area contributed by atoms with Crippen LogP contribution in [0.15, 0.2) is 36.4 Å². The Morgan fingerprint density at radius 1 is 1.09 bits per heavy atom. The van der Waals surface area contributed by atoms with Gasteiger partial charge in [-0.15, -0.1) is 10.2 Å². The molecule has 3 rings (SSSR count). The molecule has 1 aromatic carbocycles. The number of nitrogens with zero attached hydrogens (tertiary/aromatic N) is 5. The van der Waals surface area contributed by atoms with E-state index in [1.807, 2.05) is 62.1 Å². The van der Waals surface area contributed by atoms with Crippen LogP contribution >= 0.6 is 11.6 Å². The zero-order valence-electron chi connectivity index (χ0n) is 18.9. The Hall–Kier alpha value is -2.87. The van der Waals surface area contributed by atoms with Gasteiger partial charge < -0.3 is 20.0 Å². The Kier molecular flexibility index (Phi) is 8.27. The Bertz CT molecular complexity index is 915. The molecule has 0 bridgehead atoms. The van der Waals surface area contributed by atoms with E-state index < -0.39 is 0 Å². The first-order valence-corrected chi connectivity index (χ1v) is 11.5. The van der Waals surface area contributed by atoms with Crippen molar-refractivity contribution in [2.45, 2.75) is 33.2 Å². The summed E-state index contributed by atoms with van der Waals surface area (Å²) >= 11 is 6.25. The SMILES string of the molecule is CCNC(=O)N(CC(=O)N1CCN(c2ccc(-c3ccccc3Cl)nn2)CC1)C(C)CC. The molecule has 1 unspecified atom stereocenters. The van der Waals surface area contributed by atoms with Crippen molar-refractivity contribution in [3.05, 3.63) is 41.4 Å². The van der Waals surface area contributed by atoms with Crippen LogP contribution in [0, 0.1) is 0 Å². The third-order valence-corrected chi connectivity index (χ3v) is 6.10. The predicted octanol–water partition coefficient (Wildman–Crippen LogP) is 3.28. The van der Waals surface area contributed by atoms with Gasteiger partial charge in [0.05, 0.1) is 10.7 Å². The van der Waals surface area contributed by atoms with Crippen molar-refractivity contribution in [2.24, 2.45) is 0 Å². The maximum absolute atomic E-state index is 12.9. The van der Waals surface area contributed by atoms with Gasteiger partial charge in [0.1, 0.15) is 6.54 Å². The van der Waals surface area contributed by atoms with Gasteiger partial charge in [-0.05, 0) is 38.5 Å². The van der Waals surface area contributed by atoms with Crippen molar-refractivity contribution in [1.29, 1.82) is 0 Å². The molecule has 1 N–H and O–H groups in total. The second-order valence-corrected chi connectivity index (χ2v) is 8.25. The lowest BCUT2D eigenvalue weighted by molar-refractivity contribution is -0.132. The largest absolute Gasteiger partial charge is 0.352 e. The lowest BCUT2D eigenvalue weighted by Crippen LogP contribution is -2.54. The van der Waals surface area contributed by atoms with E-state index in [0.29, 0.717) is 37.7 Å². The second kappa shape index (κ2) is 11.1. The molecular weight excluding hydrogens is 428 g/mol. The molecular formula is C23H31ClN6O2. The average molecular weight is 459 g/mol. The topological polar surface area (TPSA) is 81.7 Å². The lowest BCUT2D eigenvalue weighted by atomic mass is 10.1. The van der Waals surface area contributed by atoms with E-state index in [1.165, 1.54) is 0 Å². The number of carbonyl (C=O) groups is 2. The number of aromatic nitrogens is 2. The fraction of sp³-hybridized carbons (Fsp3) is 0.478. The maximum atomic E-state index is 12.9. The number of hydrogen-bond acceptors (Lipinski definition) is 5. The van der Waals surface area contributed by atoms with E-state index in [2.05, 4.69) is 20.4 Å². The Labute approximate surface area is 194 Å². The summed E-state index contributed by atoms with van der Waals surface area (Å²) in [5, 5.41) is 12.1. The molecule has 0 spiro atoms. The van der Waals surface area contributed by atoms with E-state index in [0.717, 1.165) is 23.5 Å². The Morgan fingerprint density at radius 2 is 1.81 bits per heavy atom. The minimum Gasteiger partial charge on any atom is -0.352 e. The molecule has 1 aromatic heterocycles. The monoisotopic (exact) mass is 458 g/mol. The zero-order valence-corrected chi connectivity index (χ0v) is 19.7. The van der Waals surface area contributed by atoms with E-state index in [-0.39, 0.29) is 24.5 Å². The van der Waals surface area contributed by atoms with Gasteiger partial charge in [-0.25, -0.2) is 4.79 Å². The summed E-state index contributed by atoms with van der Waals surface area (Å²) in [6, 6.07) is 11.2. The third-order valence-electron chi connectivity index (χ3n) is 5.77. The zero-order chi connectivity index (χ0) is 23.1. The maximum Gasteiger partial charge on any atom is 0.318 e. The van der Waals surface area contributed by atoms with Crippen LogP contribution in [0.3, 0.4) is 0 Å². The first-order chi connectivity index (χ1) is 15.4. The van der Waals surface area contributed by atoms with Crippen LogP contribution in [0.25, 0.3) is 11.3 Å². The van der Waals surface area contributed by atoms with Crippen molar-refractivity contribution in [2.75, 3.05) is 44.2 Å². The molecule has 0 aliphatic carbocycles. The fourth-order valence-electron chi connectivity index (χ4n) is 3.64. The molecule has 1 atom stereocenters. The van der Waals surface area contributed by atoms with Gasteiger partial charge in [-0.1, -0.05) is 36.7 Å². The molecule has 1 saturated heterocycles. The van der Waals surface area contributed by atoms with E-state index in [4.69, 9.17) is 11.6 Å². The number of hydrogen-bond donors (Lipinski definition) is 1. The van der Waals surface area contributed by atoms with E-state index in [1.54, 1.807) is 4.90 Å². The van der Waals surface area contributed by atoms with E-state index in [9.17, 15) is 9.59 Å². The molecule has 1 aliphatic rings. The summed E-state index contributed by atoms with van der Waals surface area (Å²) in [5.74, 6) is 0.743. The van der Waals surface area contributed by atoms with Gasteiger partial charge in [-0.3, -0.25) is 4.79 Å². The number of halogens is 1. The van der Waals surface area contributed by atoms with E-state index >= 15 is 0 Å². The standard InChI is InChI=1S/C23H31ClN6O2/c1-4-17(3)30(23(32)25-5-2)16-22(31)29-14-12-28(13-15-29)21-11-10-20(26-27-21)18-8-6-7-9-19(18)24/h6-11,17H,4-5,12-16H2,1-3H3,(H,25,32). The van der Waals surface area contributed by atoms with Crippen molar-refractivity contribution in [3.8, 4) is 11.3 Å². The van der Waals surface area contributed by atoms with Crippen molar-refractivity contribution in [1.82, 2.24) is 25.3 Å². The van der Waals surface area contributed by atoms with Crippen LogP contribution in [0.4, 0.5) is 10.6 Å². The molecule has 0 radical (unpaired) electrons. The summed E-state index contributed by atoms with van der Waals surface area (Å²) < 4.78 is 0. The highest BCUT2D eigenvalue weighted by atomic mass is 35.5. The van der Waals surface area contributed by atoms with Gasteiger partial charge in [0.15, 0.2) is 5.82 Å². The van der Waals surface area contributed by atoms with Crippen LogP contribution in [0.2, 0.25) is 5.02 Å². The number of carbonyl (C=O) groups excluding carboxylic acids is 2. The minimum absolute atomic E-state index is 0.00121. The summed E-state index contributed by atoms with van der Waals surface area (Å²) in [7, 11) is 0. The Morgan fingerprint density at radius 3 is 2.41 bits per heavy atom. The van der Waals surface area contributed by atoms with Crippen molar-refractivity contribution >= 4 is 29.4 Å². The normalized spacial score (nSPS) is 14.8. The lowest BCUT2D eigenvalue weighted by Gasteiger charge is -2.37. The van der Waals surface area contributed by atoms with Gasteiger partial charge in [-0.2, -0.15) is 0 Å². The number of piperazine rings is 1. The molecule has 3 amide bonds. The van der Waals surface area contributed by atoms with Gasteiger partial charge in [0.2, 0.25) is 5.91 Å². The molecule has 2 heterocycles. The predicted molar refractivity (Wildman–Crippen MR) is 127 cm³/mol. The van der Waals surface area contributed by atoms with Crippen LogP contribution in [0.1, 0.15) is 27.2 Å². The summed E-state index contributed by atoms with van der Waals surface area (Å²) in [4.78, 5) is 30.8. The number of rotatable bonds is 7. The van der Waals surface area contributed by atoms with Gasteiger partial charge >= 0.3 is 6.03 Å². The van der Waals surface area contributed by atoms with Crippen molar-refractivity contribution in [3.63, 3.8) is 0 Å². The average Bonchev–Trinajstić information content (AvgIpc) is 2.82. The Balaban J connectivity index is 1.58. The highest BCUT2D eigenvalue weighted by Crippen LogP contribution is 2.26. The number of amides is 3. The molecule has 172 valence electrons. The molecule has 8 nitrogen and oxygen atoms in total. The second-order valence-electron chi connectivity index (χ2n) is 7.85. The first-order valence-electron chi connectivity index (χ1n) is 11.1. The van der Waals surface area contributed by atoms with Crippen LogP contribution in [-0.4, -0.2) is 77.2 Å². The molecule has 9 heteroatoms. The van der Waals surface area contributed by atoms with Crippen LogP contribution < -0.4 is 10.2 Å². The quantitative estimate of drug-likeness (QED) is 0.688. The summed E-state index contributed by atoms with van der Waals surface area (Å²) in [6.07, 6.45) is 0.793. The van der Waals surface area contributed by atoms with Crippen LogP contribution in [-0.2, 0) is 4.79 Å².